The largest absolute Gasteiger partial charge is 0.375 e. The highest BCUT2D eigenvalue weighted by molar-refractivity contribution is 5.81. The minimum atomic E-state index is -0.0699. The van der Waals surface area contributed by atoms with Crippen molar-refractivity contribution >= 4 is 11.8 Å². The number of rotatable bonds is 4. The molecule has 0 aromatic rings. The highest BCUT2D eigenvalue weighted by Gasteiger charge is 2.34. The second-order valence-electron chi connectivity index (χ2n) is 4.87. The Labute approximate surface area is 101 Å². The van der Waals surface area contributed by atoms with Crippen LogP contribution in [0, 0.1) is 5.92 Å². The molecule has 96 valence electrons. The first kappa shape index (κ1) is 12.4. The number of nitrogens with one attached hydrogen (secondary N) is 1. The third-order valence-electron chi connectivity index (χ3n) is 3.37. The van der Waals surface area contributed by atoms with E-state index < -0.39 is 0 Å². The van der Waals surface area contributed by atoms with Crippen LogP contribution in [0.1, 0.15) is 25.7 Å². The first-order valence-electron chi connectivity index (χ1n) is 6.28. The maximum Gasteiger partial charge on any atom is 0.246 e. The number of ether oxygens (including phenoxy) is 1. The molecule has 0 unspecified atom stereocenters. The van der Waals surface area contributed by atoms with E-state index in [0.29, 0.717) is 11.8 Å². The molecule has 5 heteroatoms. The van der Waals surface area contributed by atoms with Crippen LogP contribution in [0.4, 0.5) is 0 Å². The lowest BCUT2D eigenvalue weighted by molar-refractivity contribution is -0.133. The lowest BCUT2D eigenvalue weighted by Gasteiger charge is -2.32. The van der Waals surface area contributed by atoms with Gasteiger partial charge in [-0.15, -0.1) is 0 Å². The van der Waals surface area contributed by atoms with Gasteiger partial charge in [0.1, 0.15) is 6.61 Å². The van der Waals surface area contributed by atoms with Crippen molar-refractivity contribution in [2.45, 2.75) is 31.7 Å². The fraction of sp³-hybridized carbons (Fsp3) is 0.833. The Bertz CT molecular complexity index is 294. The van der Waals surface area contributed by atoms with Crippen molar-refractivity contribution in [2.75, 3.05) is 26.8 Å². The first-order valence-corrected chi connectivity index (χ1v) is 6.28. The highest BCUT2D eigenvalue weighted by atomic mass is 16.5. The predicted molar refractivity (Wildman–Crippen MR) is 62.3 cm³/mol. The van der Waals surface area contributed by atoms with Crippen LogP contribution in [-0.4, -0.2) is 49.6 Å². The summed E-state index contributed by atoms with van der Waals surface area (Å²) in [6.45, 7) is 1.65. The van der Waals surface area contributed by atoms with E-state index in [0.717, 1.165) is 38.8 Å². The zero-order chi connectivity index (χ0) is 12.3. The topological polar surface area (TPSA) is 58.6 Å². The molecule has 0 aromatic carbocycles. The fourth-order valence-electron chi connectivity index (χ4n) is 2.23. The molecule has 0 atom stereocenters. The van der Waals surface area contributed by atoms with Crippen LogP contribution in [0.5, 0.6) is 0 Å². The van der Waals surface area contributed by atoms with E-state index in [1.54, 1.807) is 0 Å². The van der Waals surface area contributed by atoms with Gasteiger partial charge in [-0.2, -0.15) is 0 Å². The number of likely N-dealkylation sites (tertiary alicyclic amines) is 1. The van der Waals surface area contributed by atoms with Gasteiger partial charge in [-0.25, -0.2) is 0 Å². The smallest absolute Gasteiger partial charge is 0.246 e. The lowest BCUT2D eigenvalue weighted by atomic mass is 10.0. The summed E-state index contributed by atoms with van der Waals surface area (Å²) in [5.74, 6) is 0.542. The van der Waals surface area contributed by atoms with Crippen LogP contribution < -0.4 is 5.32 Å². The van der Waals surface area contributed by atoms with Gasteiger partial charge in [0.25, 0.3) is 0 Å². The van der Waals surface area contributed by atoms with Crippen molar-refractivity contribution in [1.82, 2.24) is 10.2 Å². The number of amides is 2. The van der Waals surface area contributed by atoms with Crippen LogP contribution in [-0.2, 0) is 14.3 Å². The van der Waals surface area contributed by atoms with Crippen molar-refractivity contribution in [3.8, 4) is 0 Å². The maximum atomic E-state index is 11.8. The summed E-state index contributed by atoms with van der Waals surface area (Å²) in [5.41, 5.74) is 0. The minimum Gasteiger partial charge on any atom is -0.375 e. The van der Waals surface area contributed by atoms with Crippen LogP contribution in [0.25, 0.3) is 0 Å². The third kappa shape index (κ3) is 3.43. The average Bonchev–Trinajstić information content (AvgIpc) is 3.13. The Morgan fingerprint density at radius 1 is 1.24 bits per heavy atom. The summed E-state index contributed by atoms with van der Waals surface area (Å²) in [5, 5.41) is 2.92. The Morgan fingerprint density at radius 2 is 1.88 bits per heavy atom. The normalized spacial score (nSPS) is 21.4. The molecule has 5 nitrogen and oxygen atoms in total. The van der Waals surface area contributed by atoms with Gasteiger partial charge in [-0.3, -0.25) is 9.59 Å². The summed E-state index contributed by atoms with van der Waals surface area (Å²) in [7, 11) is 1.51. The molecule has 2 amide bonds. The molecular weight excluding hydrogens is 220 g/mol. The minimum absolute atomic E-state index is 0.0699. The zero-order valence-electron chi connectivity index (χ0n) is 10.3. The Morgan fingerprint density at radius 3 is 2.41 bits per heavy atom. The second kappa shape index (κ2) is 5.49. The van der Waals surface area contributed by atoms with E-state index in [2.05, 4.69) is 5.32 Å². The molecular formula is C12H20N2O3. The van der Waals surface area contributed by atoms with Gasteiger partial charge in [0.05, 0.1) is 0 Å². The molecule has 1 saturated carbocycles. The van der Waals surface area contributed by atoms with Gasteiger partial charge < -0.3 is 15.0 Å². The number of nitrogens with zero attached hydrogens (tertiary/aromatic N) is 1. The predicted octanol–water partition coefficient (Wildman–Crippen LogP) is 0.150. The standard InChI is InChI=1S/C12H20N2O3/c1-17-8-11(15)13-10-4-6-14(7-5-10)12(16)9-2-3-9/h9-10H,2-8H2,1H3,(H,13,15). The van der Waals surface area contributed by atoms with Gasteiger partial charge in [-0.1, -0.05) is 0 Å². The Kier molecular flexibility index (Phi) is 3.99. The fourth-order valence-corrected chi connectivity index (χ4v) is 2.23. The molecule has 1 aliphatic heterocycles. The Balaban J connectivity index is 1.70. The summed E-state index contributed by atoms with van der Waals surface area (Å²) in [6, 6.07) is 0.195. The molecule has 2 rings (SSSR count). The summed E-state index contributed by atoms with van der Waals surface area (Å²) in [4.78, 5) is 25.1. The molecule has 0 radical (unpaired) electrons. The first-order chi connectivity index (χ1) is 8.20. The monoisotopic (exact) mass is 240 g/mol. The van der Waals surface area contributed by atoms with Crippen LogP contribution in [0.15, 0.2) is 0 Å². The molecule has 0 aromatic heterocycles. The second-order valence-corrected chi connectivity index (χ2v) is 4.87. The molecule has 17 heavy (non-hydrogen) atoms. The van der Waals surface area contributed by atoms with E-state index in [9.17, 15) is 9.59 Å². The third-order valence-corrected chi connectivity index (χ3v) is 3.37. The molecule has 2 aliphatic rings. The van der Waals surface area contributed by atoms with Gasteiger partial charge in [0.2, 0.25) is 11.8 Å². The Hall–Kier alpha value is -1.10. The summed E-state index contributed by atoms with van der Waals surface area (Å²) in [6.07, 6.45) is 3.83. The molecule has 2 fully saturated rings. The maximum absolute atomic E-state index is 11.8. The summed E-state index contributed by atoms with van der Waals surface area (Å²) < 4.78 is 4.77. The van der Waals surface area contributed by atoms with E-state index in [4.69, 9.17) is 4.74 Å². The number of hydrogen-bond acceptors (Lipinski definition) is 3. The van der Waals surface area contributed by atoms with E-state index in [1.807, 2.05) is 4.90 Å². The SMILES string of the molecule is COCC(=O)NC1CCN(C(=O)C2CC2)CC1. The highest BCUT2D eigenvalue weighted by Crippen LogP contribution is 2.31. The zero-order valence-corrected chi connectivity index (χ0v) is 10.3. The van der Waals surface area contributed by atoms with E-state index >= 15 is 0 Å². The van der Waals surface area contributed by atoms with E-state index in [1.165, 1.54) is 7.11 Å². The number of hydrogen-bond donors (Lipinski definition) is 1. The van der Waals surface area contributed by atoms with Gasteiger partial charge >= 0.3 is 0 Å². The van der Waals surface area contributed by atoms with Crippen molar-refractivity contribution in [3.05, 3.63) is 0 Å². The molecule has 0 spiro atoms. The average molecular weight is 240 g/mol. The number of methoxy groups -OCH3 is 1. The van der Waals surface area contributed by atoms with Crippen LogP contribution in [0.2, 0.25) is 0 Å². The number of piperidine rings is 1. The van der Waals surface area contributed by atoms with Crippen molar-refractivity contribution < 1.29 is 14.3 Å². The summed E-state index contributed by atoms with van der Waals surface area (Å²) >= 11 is 0. The lowest BCUT2D eigenvalue weighted by Crippen LogP contribution is -2.47. The van der Waals surface area contributed by atoms with Crippen molar-refractivity contribution in [2.24, 2.45) is 5.92 Å². The van der Waals surface area contributed by atoms with Gasteiger partial charge in [0.15, 0.2) is 0 Å². The van der Waals surface area contributed by atoms with Gasteiger partial charge in [0, 0.05) is 32.2 Å². The van der Waals surface area contributed by atoms with Gasteiger partial charge in [-0.05, 0) is 25.7 Å². The molecule has 0 bridgehead atoms. The molecule has 1 saturated heterocycles. The van der Waals surface area contributed by atoms with Crippen molar-refractivity contribution in [1.29, 1.82) is 0 Å². The molecule has 1 aliphatic carbocycles. The number of carbonyl (C=O) groups is 2. The van der Waals surface area contributed by atoms with E-state index in [-0.39, 0.29) is 18.6 Å². The quantitative estimate of drug-likeness (QED) is 0.761. The van der Waals surface area contributed by atoms with Crippen LogP contribution in [0.3, 0.4) is 0 Å². The van der Waals surface area contributed by atoms with Crippen LogP contribution >= 0.6 is 0 Å². The molecule has 1 heterocycles. The molecule has 1 N–H and O–H groups in total. The van der Waals surface area contributed by atoms with Crippen molar-refractivity contribution in [3.63, 3.8) is 0 Å². The number of carbonyl (C=O) groups excluding carboxylic acids is 2.